The lowest BCUT2D eigenvalue weighted by Crippen LogP contribution is -2.54. The second-order valence-electron chi connectivity index (χ2n) is 5.07. The molecule has 1 amide bonds. The summed E-state index contributed by atoms with van der Waals surface area (Å²) < 4.78 is 10.0. The van der Waals surface area contributed by atoms with E-state index in [2.05, 4.69) is 0 Å². The lowest BCUT2D eigenvalue weighted by molar-refractivity contribution is -0.147. The summed E-state index contributed by atoms with van der Waals surface area (Å²) in [6, 6.07) is 8.62. The predicted octanol–water partition coefficient (Wildman–Crippen LogP) is 1.71. The number of carbonyl (C=O) groups is 2. The molecule has 0 aliphatic carbocycles. The number of likely N-dealkylation sites (tertiary alicyclic amines) is 1. The monoisotopic (exact) mass is 328 g/mol. The molecule has 6 nitrogen and oxygen atoms in total. The van der Waals surface area contributed by atoms with Crippen LogP contribution in [0.2, 0.25) is 0 Å². The molecule has 0 radical (unpaired) electrons. The first-order valence-corrected chi connectivity index (χ1v) is 6.92. The Morgan fingerprint density at radius 3 is 2.59 bits per heavy atom. The van der Waals surface area contributed by atoms with Gasteiger partial charge >= 0.3 is 12.1 Å². The highest BCUT2D eigenvalue weighted by Gasteiger charge is 2.36. The number of benzene rings is 1. The van der Waals surface area contributed by atoms with E-state index < -0.39 is 18.1 Å². The second-order valence-corrected chi connectivity index (χ2v) is 5.07. The number of carbonyl (C=O) groups excluding carboxylic acids is 2. The van der Waals surface area contributed by atoms with Crippen molar-refractivity contribution in [2.75, 3.05) is 13.7 Å². The van der Waals surface area contributed by atoms with E-state index in [0.29, 0.717) is 19.4 Å². The second kappa shape index (κ2) is 8.60. The number of methoxy groups -OCH3 is 1. The Hall–Kier alpha value is -1.79. The number of amides is 1. The molecule has 1 aliphatic rings. The third-order valence-electron chi connectivity index (χ3n) is 3.53. The average molecular weight is 329 g/mol. The normalized spacial score (nSPS) is 20.7. The van der Waals surface area contributed by atoms with E-state index in [1.165, 1.54) is 12.0 Å². The first kappa shape index (κ1) is 18.3. The predicted molar refractivity (Wildman–Crippen MR) is 83.6 cm³/mol. The highest BCUT2D eigenvalue weighted by atomic mass is 35.5. The van der Waals surface area contributed by atoms with Gasteiger partial charge in [-0.25, -0.2) is 9.59 Å². The van der Waals surface area contributed by atoms with Crippen LogP contribution in [0.3, 0.4) is 0 Å². The van der Waals surface area contributed by atoms with Crippen LogP contribution in [0.4, 0.5) is 4.79 Å². The highest BCUT2D eigenvalue weighted by molar-refractivity contribution is 5.85. The van der Waals surface area contributed by atoms with Crippen molar-refractivity contribution in [1.29, 1.82) is 0 Å². The molecule has 2 unspecified atom stereocenters. The summed E-state index contributed by atoms with van der Waals surface area (Å²) >= 11 is 0. The molecule has 0 spiro atoms. The van der Waals surface area contributed by atoms with Gasteiger partial charge in [-0.1, -0.05) is 30.3 Å². The summed E-state index contributed by atoms with van der Waals surface area (Å²) in [6.07, 6.45) is 0.640. The maximum Gasteiger partial charge on any atom is 0.410 e. The Kier molecular flexibility index (Phi) is 7.14. The molecule has 1 aromatic rings. The molecule has 0 bridgehead atoms. The van der Waals surface area contributed by atoms with Gasteiger partial charge in [-0.2, -0.15) is 0 Å². The maximum atomic E-state index is 12.2. The molecule has 1 saturated heterocycles. The van der Waals surface area contributed by atoms with Gasteiger partial charge in [0, 0.05) is 12.6 Å². The fourth-order valence-electron chi connectivity index (χ4n) is 2.38. The molecule has 0 saturated carbocycles. The molecular weight excluding hydrogens is 308 g/mol. The topological polar surface area (TPSA) is 81.9 Å². The van der Waals surface area contributed by atoms with Gasteiger partial charge in [-0.05, 0) is 18.4 Å². The van der Waals surface area contributed by atoms with E-state index in [-0.39, 0.29) is 25.1 Å². The molecule has 122 valence electrons. The zero-order valence-electron chi connectivity index (χ0n) is 12.4. The molecule has 1 aliphatic heterocycles. The molecule has 22 heavy (non-hydrogen) atoms. The SMILES string of the molecule is COC(=O)C1CCC(N)CN1C(=O)OCc1ccccc1.Cl. The molecule has 2 N–H and O–H groups in total. The van der Waals surface area contributed by atoms with Crippen molar-refractivity contribution in [3.8, 4) is 0 Å². The van der Waals surface area contributed by atoms with Crippen LogP contribution in [0, 0.1) is 0 Å². The third kappa shape index (κ3) is 4.61. The Morgan fingerprint density at radius 1 is 1.27 bits per heavy atom. The van der Waals surface area contributed by atoms with E-state index in [0.717, 1.165) is 5.56 Å². The van der Waals surface area contributed by atoms with Crippen LogP contribution in [0.5, 0.6) is 0 Å². The number of hydrogen-bond acceptors (Lipinski definition) is 5. The first-order valence-electron chi connectivity index (χ1n) is 6.92. The third-order valence-corrected chi connectivity index (χ3v) is 3.53. The molecule has 1 aromatic carbocycles. The van der Waals surface area contributed by atoms with E-state index in [4.69, 9.17) is 15.2 Å². The summed E-state index contributed by atoms with van der Waals surface area (Å²) in [7, 11) is 1.31. The Morgan fingerprint density at radius 2 is 1.95 bits per heavy atom. The van der Waals surface area contributed by atoms with E-state index in [1.54, 1.807) is 0 Å². The molecule has 7 heteroatoms. The minimum atomic E-state index is -0.613. The van der Waals surface area contributed by atoms with E-state index in [9.17, 15) is 9.59 Å². The van der Waals surface area contributed by atoms with Crippen molar-refractivity contribution in [2.24, 2.45) is 5.73 Å². The van der Waals surface area contributed by atoms with Gasteiger partial charge in [-0.15, -0.1) is 12.4 Å². The summed E-state index contributed by atoms with van der Waals surface area (Å²) in [5, 5.41) is 0. The zero-order chi connectivity index (χ0) is 15.2. The van der Waals surface area contributed by atoms with Gasteiger partial charge in [0.05, 0.1) is 7.11 Å². The smallest absolute Gasteiger partial charge is 0.410 e. The van der Waals surface area contributed by atoms with Crippen LogP contribution in [0.15, 0.2) is 30.3 Å². The van der Waals surface area contributed by atoms with Crippen LogP contribution in [0.25, 0.3) is 0 Å². The Bertz CT molecular complexity index is 498. The fourth-order valence-corrected chi connectivity index (χ4v) is 2.38. The Labute approximate surface area is 136 Å². The lowest BCUT2D eigenvalue weighted by Gasteiger charge is -2.35. The van der Waals surface area contributed by atoms with Crippen molar-refractivity contribution in [3.05, 3.63) is 35.9 Å². The van der Waals surface area contributed by atoms with Crippen LogP contribution in [-0.4, -0.2) is 42.7 Å². The van der Waals surface area contributed by atoms with Crippen LogP contribution < -0.4 is 5.73 Å². The number of esters is 1. The van der Waals surface area contributed by atoms with Crippen molar-refractivity contribution in [3.63, 3.8) is 0 Å². The number of nitrogens with zero attached hydrogens (tertiary/aromatic N) is 1. The summed E-state index contributed by atoms with van der Waals surface area (Å²) in [4.78, 5) is 25.3. The van der Waals surface area contributed by atoms with Crippen molar-refractivity contribution in [1.82, 2.24) is 4.90 Å². The van der Waals surface area contributed by atoms with Gasteiger partial charge in [0.25, 0.3) is 0 Å². The quantitative estimate of drug-likeness (QED) is 0.854. The maximum absolute atomic E-state index is 12.2. The average Bonchev–Trinajstić information content (AvgIpc) is 2.52. The van der Waals surface area contributed by atoms with Gasteiger partial charge in [0.15, 0.2) is 0 Å². The number of rotatable bonds is 3. The van der Waals surface area contributed by atoms with Crippen molar-refractivity contribution in [2.45, 2.75) is 31.5 Å². The highest BCUT2D eigenvalue weighted by Crippen LogP contribution is 2.19. The van der Waals surface area contributed by atoms with E-state index >= 15 is 0 Å². The largest absolute Gasteiger partial charge is 0.467 e. The van der Waals surface area contributed by atoms with Crippen LogP contribution >= 0.6 is 12.4 Å². The van der Waals surface area contributed by atoms with Crippen LogP contribution in [-0.2, 0) is 20.9 Å². The van der Waals surface area contributed by atoms with E-state index in [1.807, 2.05) is 30.3 Å². The summed E-state index contributed by atoms with van der Waals surface area (Å²) in [5.41, 5.74) is 6.76. The zero-order valence-corrected chi connectivity index (χ0v) is 13.3. The number of piperidine rings is 1. The Balaban J connectivity index is 0.00000242. The standard InChI is InChI=1S/C15H20N2O4.ClH/c1-20-14(18)13-8-7-12(16)9-17(13)15(19)21-10-11-5-3-2-4-6-11;/h2-6,12-13H,7-10,16H2,1H3;1H. The van der Waals surface area contributed by atoms with Gasteiger partial charge in [0.1, 0.15) is 12.6 Å². The molecule has 1 fully saturated rings. The summed E-state index contributed by atoms with van der Waals surface area (Å²) in [6.45, 7) is 0.465. The molecule has 2 atom stereocenters. The summed E-state index contributed by atoms with van der Waals surface area (Å²) in [5.74, 6) is -0.432. The minimum Gasteiger partial charge on any atom is -0.467 e. The van der Waals surface area contributed by atoms with Crippen molar-refractivity contribution >= 4 is 24.5 Å². The molecule has 2 rings (SSSR count). The van der Waals surface area contributed by atoms with Crippen LogP contribution in [0.1, 0.15) is 18.4 Å². The van der Waals surface area contributed by atoms with Gasteiger partial charge in [-0.3, -0.25) is 4.90 Å². The van der Waals surface area contributed by atoms with Gasteiger partial charge in [0.2, 0.25) is 0 Å². The number of halogens is 1. The minimum absolute atomic E-state index is 0. The van der Waals surface area contributed by atoms with Crippen molar-refractivity contribution < 1.29 is 19.1 Å². The lowest BCUT2D eigenvalue weighted by atomic mass is 9.99. The number of hydrogen-bond donors (Lipinski definition) is 1. The molecule has 1 heterocycles. The van der Waals surface area contributed by atoms with Gasteiger partial charge < -0.3 is 15.2 Å². The molecule has 0 aromatic heterocycles. The first-order chi connectivity index (χ1) is 10.1. The number of ether oxygens (including phenoxy) is 2. The number of nitrogens with two attached hydrogens (primary N) is 1. The molecular formula is C15H21ClN2O4. The fraction of sp³-hybridized carbons (Fsp3) is 0.467.